The normalized spacial score (nSPS) is 16.6. The first-order valence-corrected chi connectivity index (χ1v) is 11.6. The molecule has 0 amide bonds. The van der Waals surface area contributed by atoms with E-state index in [1.165, 1.54) is 18.5 Å². The quantitative estimate of drug-likeness (QED) is 0.626. The van der Waals surface area contributed by atoms with E-state index >= 15 is 0 Å². The first-order chi connectivity index (χ1) is 14.4. The van der Waals surface area contributed by atoms with Crippen molar-refractivity contribution in [2.75, 3.05) is 30.0 Å². The maximum Gasteiger partial charge on any atom is 0.163 e. The van der Waals surface area contributed by atoms with Gasteiger partial charge < -0.3 is 14.8 Å². The number of rotatable bonds is 2. The van der Waals surface area contributed by atoms with E-state index in [4.69, 9.17) is 21.1 Å². The molecule has 2 aromatic carbocycles. The van der Waals surface area contributed by atoms with E-state index in [-0.39, 0.29) is 29.7 Å². The predicted molar refractivity (Wildman–Crippen MR) is 113 cm³/mol. The number of nitrogens with zero attached hydrogens (tertiary/aromatic N) is 2. The van der Waals surface area contributed by atoms with Gasteiger partial charge in [0.25, 0.3) is 0 Å². The van der Waals surface area contributed by atoms with Gasteiger partial charge in [-0.1, -0.05) is 11.6 Å². The SMILES string of the molecule is O=S1(=O)CCCOc2cc3ncnc(Nc4ccc(F)c(Cl)c4)c3cc2OCCC1. The van der Waals surface area contributed by atoms with Gasteiger partial charge in [-0.2, -0.15) is 0 Å². The lowest BCUT2D eigenvalue weighted by molar-refractivity contribution is 0.271. The zero-order valence-corrected chi connectivity index (χ0v) is 17.5. The molecule has 1 aliphatic heterocycles. The van der Waals surface area contributed by atoms with Crippen LogP contribution >= 0.6 is 11.6 Å². The van der Waals surface area contributed by atoms with Crippen LogP contribution in [0.25, 0.3) is 10.9 Å². The van der Waals surface area contributed by atoms with Crippen molar-refractivity contribution in [3.05, 3.63) is 47.5 Å². The molecule has 4 rings (SSSR count). The summed E-state index contributed by atoms with van der Waals surface area (Å²) in [4.78, 5) is 8.57. The van der Waals surface area contributed by atoms with E-state index in [0.717, 1.165) is 0 Å². The van der Waals surface area contributed by atoms with Crippen LogP contribution in [0.5, 0.6) is 11.5 Å². The molecule has 0 aliphatic carbocycles. The van der Waals surface area contributed by atoms with Gasteiger partial charge >= 0.3 is 0 Å². The number of fused-ring (bicyclic) bond motifs is 2. The molecule has 158 valence electrons. The second-order valence-electron chi connectivity index (χ2n) is 6.85. The highest BCUT2D eigenvalue weighted by atomic mass is 35.5. The molecule has 0 unspecified atom stereocenters. The van der Waals surface area contributed by atoms with Gasteiger partial charge in [0, 0.05) is 17.1 Å². The smallest absolute Gasteiger partial charge is 0.163 e. The minimum Gasteiger partial charge on any atom is -0.490 e. The Morgan fingerprint density at radius 1 is 1.00 bits per heavy atom. The van der Waals surface area contributed by atoms with Crippen molar-refractivity contribution in [1.29, 1.82) is 0 Å². The number of ether oxygens (including phenoxy) is 2. The van der Waals surface area contributed by atoms with E-state index < -0.39 is 15.7 Å². The molecule has 7 nitrogen and oxygen atoms in total. The Bertz CT molecular complexity index is 1190. The number of nitrogens with one attached hydrogen (secondary N) is 1. The van der Waals surface area contributed by atoms with Crippen molar-refractivity contribution in [2.45, 2.75) is 12.8 Å². The molecule has 0 fully saturated rings. The minimum absolute atomic E-state index is 0.00135. The second kappa shape index (κ2) is 8.61. The summed E-state index contributed by atoms with van der Waals surface area (Å²) in [5, 5.41) is 3.78. The molecule has 0 spiro atoms. The number of anilines is 2. The van der Waals surface area contributed by atoms with Gasteiger partial charge in [0.05, 0.1) is 35.3 Å². The summed E-state index contributed by atoms with van der Waals surface area (Å²) >= 11 is 5.86. The van der Waals surface area contributed by atoms with Gasteiger partial charge in [-0.25, -0.2) is 22.8 Å². The number of halogens is 2. The number of aromatic nitrogens is 2. The maximum atomic E-state index is 13.4. The van der Waals surface area contributed by atoms with E-state index in [0.29, 0.717) is 46.7 Å². The fourth-order valence-corrected chi connectivity index (χ4v) is 4.62. The van der Waals surface area contributed by atoms with Crippen LogP contribution < -0.4 is 14.8 Å². The van der Waals surface area contributed by atoms with Gasteiger partial charge in [-0.15, -0.1) is 0 Å². The Balaban J connectivity index is 1.68. The first-order valence-electron chi connectivity index (χ1n) is 9.38. The maximum absolute atomic E-state index is 13.4. The van der Waals surface area contributed by atoms with Gasteiger partial charge in [0.1, 0.15) is 18.0 Å². The lowest BCUT2D eigenvalue weighted by atomic mass is 10.2. The number of sulfone groups is 1. The molecule has 0 saturated carbocycles. The van der Waals surface area contributed by atoms with E-state index in [1.807, 2.05) is 0 Å². The van der Waals surface area contributed by atoms with Gasteiger partial charge in [-0.3, -0.25) is 0 Å². The van der Waals surface area contributed by atoms with E-state index in [9.17, 15) is 12.8 Å². The Morgan fingerprint density at radius 3 is 2.40 bits per heavy atom. The molecule has 1 N–H and O–H groups in total. The summed E-state index contributed by atoms with van der Waals surface area (Å²) in [5.41, 5.74) is 1.19. The summed E-state index contributed by atoms with van der Waals surface area (Å²) in [7, 11) is -3.10. The van der Waals surface area contributed by atoms with E-state index in [2.05, 4.69) is 15.3 Å². The lowest BCUT2D eigenvalue weighted by Gasteiger charge is -2.15. The van der Waals surface area contributed by atoms with Crippen molar-refractivity contribution >= 4 is 43.8 Å². The summed E-state index contributed by atoms with van der Waals surface area (Å²) in [6.07, 6.45) is 2.20. The lowest BCUT2D eigenvalue weighted by Crippen LogP contribution is -2.14. The van der Waals surface area contributed by atoms with Crippen LogP contribution in [0.3, 0.4) is 0 Å². The number of hydrogen-bond donors (Lipinski definition) is 1. The van der Waals surface area contributed by atoms with Crippen LogP contribution in [0.2, 0.25) is 5.02 Å². The van der Waals surface area contributed by atoms with E-state index in [1.54, 1.807) is 18.2 Å². The second-order valence-corrected chi connectivity index (χ2v) is 9.56. The highest BCUT2D eigenvalue weighted by Crippen LogP contribution is 2.35. The van der Waals surface area contributed by atoms with Crippen LogP contribution in [-0.4, -0.2) is 43.1 Å². The van der Waals surface area contributed by atoms with Crippen molar-refractivity contribution in [3.63, 3.8) is 0 Å². The van der Waals surface area contributed by atoms with Gasteiger partial charge in [-0.05, 0) is 37.1 Å². The molecule has 2 heterocycles. The summed E-state index contributed by atoms with van der Waals surface area (Å²) in [6.45, 7) is 0.497. The summed E-state index contributed by atoms with van der Waals surface area (Å²) in [6, 6.07) is 7.78. The molecule has 30 heavy (non-hydrogen) atoms. The average Bonchev–Trinajstić information content (AvgIpc) is 2.74. The van der Waals surface area contributed by atoms with Gasteiger partial charge in [0.15, 0.2) is 21.3 Å². The van der Waals surface area contributed by atoms with Crippen molar-refractivity contribution in [1.82, 2.24) is 9.97 Å². The monoisotopic (exact) mass is 451 g/mol. The molecule has 0 radical (unpaired) electrons. The molecule has 1 aromatic heterocycles. The fourth-order valence-electron chi connectivity index (χ4n) is 3.12. The topological polar surface area (TPSA) is 90.4 Å². The largest absolute Gasteiger partial charge is 0.490 e. The molecule has 0 atom stereocenters. The van der Waals surface area contributed by atoms with Crippen LogP contribution in [0, 0.1) is 5.82 Å². The third kappa shape index (κ3) is 4.73. The number of hydrogen-bond acceptors (Lipinski definition) is 7. The third-order valence-corrected chi connectivity index (χ3v) is 6.71. The Kier molecular flexibility index (Phi) is 5.92. The molecular formula is C20H19ClFN3O4S. The molecule has 1 aliphatic rings. The summed E-state index contributed by atoms with van der Waals surface area (Å²) < 4.78 is 48.9. The molecule has 10 heteroatoms. The van der Waals surface area contributed by atoms with Crippen LogP contribution in [0.1, 0.15) is 12.8 Å². The summed E-state index contributed by atoms with van der Waals surface area (Å²) in [5.74, 6) is 1.13. The van der Waals surface area contributed by atoms with Crippen LogP contribution in [0.15, 0.2) is 36.7 Å². The van der Waals surface area contributed by atoms with Crippen LogP contribution in [0.4, 0.5) is 15.9 Å². The molecule has 3 aromatic rings. The standard InChI is InChI=1S/C20H19ClFN3O4S/c21-15-9-13(3-4-16(15)22)25-20-14-10-18-19(11-17(14)23-12-24-20)29-6-2-8-30(26,27)7-1-5-28-18/h3-4,9-12H,1-2,5-8H2,(H,23,24,25). The van der Waals surface area contributed by atoms with Crippen molar-refractivity contribution < 1.29 is 22.3 Å². The Labute approximate surface area is 178 Å². The highest BCUT2D eigenvalue weighted by molar-refractivity contribution is 7.91. The zero-order valence-electron chi connectivity index (χ0n) is 15.9. The number of benzene rings is 2. The molecular weight excluding hydrogens is 433 g/mol. The predicted octanol–water partition coefficient (Wildman–Crippen LogP) is 4.13. The van der Waals surface area contributed by atoms with Crippen molar-refractivity contribution in [3.8, 4) is 11.5 Å². The highest BCUT2D eigenvalue weighted by Gasteiger charge is 2.16. The average molecular weight is 452 g/mol. The van der Waals surface area contributed by atoms with Gasteiger partial charge in [0.2, 0.25) is 0 Å². The third-order valence-electron chi connectivity index (χ3n) is 4.60. The first kappa shape index (κ1) is 20.6. The zero-order chi connectivity index (χ0) is 21.1. The minimum atomic E-state index is -3.10. The fraction of sp³-hybridized carbons (Fsp3) is 0.300. The Morgan fingerprint density at radius 2 is 1.70 bits per heavy atom. The molecule has 0 saturated heterocycles. The van der Waals surface area contributed by atoms with Crippen molar-refractivity contribution in [2.24, 2.45) is 0 Å². The Hall–Kier alpha value is -2.65. The molecule has 0 bridgehead atoms. The van der Waals surface area contributed by atoms with Crippen LogP contribution in [-0.2, 0) is 9.84 Å².